The third-order valence-corrected chi connectivity index (χ3v) is 3.23. The van der Waals surface area contributed by atoms with E-state index in [1.165, 1.54) is 0 Å². The maximum absolute atomic E-state index is 12.1. The zero-order chi connectivity index (χ0) is 15.8. The second-order valence-electron chi connectivity index (χ2n) is 4.87. The molecule has 114 valence electrons. The fraction of sp³-hybridized carbons (Fsp3) is 0.222. The average Bonchev–Trinajstić information content (AvgIpc) is 2.59. The van der Waals surface area contributed by atoms with Crippen molar-refractivity contribution in [1.82, 2.24) is 5.32 Å². The smallest absolute Gasteiger partial charge is 0.338 e. The highest BCUT2D eigenvalue weighted by Crippen LogP contribution is 2.07. The lowest BCUT2D eigenvalue weighted by molar-refractivity contribution is -0.130. The van der Waals surface area contributed by atoms with Crippen molar-refractivity contribution < 1.29 is 14.3 Å². The first-order valence-electron chi connectivity index (χ1n) is 7.28. The molecule has 22 heavy (non-hydrogen) atoms. The Morgan fingerprint density at radius 2 is 1.59 bits per heavy atom. The van der Waals surface area contributed by atoms with Crippen molar-refractivity contribution in [3.05, 3.63) is 71.8 Å². The molecule has 0 spiro atoms. The minimum absolute atomic E-state index is 0.282. The molecule has 0 saturated heterocycles. The molecule has 0 aliphatic heterocycles. The lowest BCUT2D eigenvalue weighted by Crippen LogP contribution is -2.37. The van der Waals surface area contributed by atoms with E-state index in [0.29, 0.717) is 18.5 Å². The molecule has 0 bridgehead atoms. The van der Waals surface area contributed by atoms with E-state index in [4.69, 9.17) is 4.74 Å². The van der Waals surface area contributed by atoms with E-state index in [1.807, 2.05) is 43.3 Å². The van der Waals surface area contributed by atoms with Crippen molar-refractivity contribution >= 4 is 11.9 Å². The van der Waals surface area contributed by atoms with Crippen LogP contribution in [0.5, 0.6) is 0 Å². The summed E-state index contributed by atoms with van der Waals surface area (Å²) in [5.41, 5.74) is 1.44. The number of hydrogen-bond acceptors (Lipinski definition) is 3. The van der Waals surface area contributed by atoms with Crippen LogP contribution in [0.3, 0.4) is 0 Å². The van der Waals surface area contributed by atoms with Crippen LogP contribution in [-0.2, 0) is 16.1 Å². The van der Waals surface area contributed by atoms with Crippen LogP contribution in [0.1, 0.15) is 29.3 Å². The van der Waals surface area contributed by atoms with E-state index < -0.39 is 12.1 Å². The van der Waals surface area contributed by atoms with Gasteiger partial charge in [-0.2, -0.15) is 0 Å². The number of carbonyl (C=O) groups excluding carboxylic acids is 2. The second kappa shape index (κ2) is 7.98. The number of carbonyl (C=O) groups is 2. The SMILES string of the molecule is CCC(OC(=O)c1ccccc1)C(=O)NCc1ccccc1. The first-order valence-corrected chi connectivity index (χ1v) is 7.28. The topological polar surface area (TPSA) is 55.4 Å². The van der Waals surface area contributed by atoms with Gasteiger partial charge in [0.25, 0.3) is 5.91 Å². The number of amides is 1. The molecule has 2 aromatic carbocycles. The number of rotatable bonds is 6. The van der Waals surface area contributed by atoms with Gasteiger partial charge in [0.15, 0.2) is 6.10 Å². The lowest BCUT2D eigenvalue weighted by atomic mass is 10.2. The van der Waals surface area contributed by atoms with Crippen LogP contribution in [0.4, 0.5) is 0 Å². The third-order valence-electron chi connectivity index (χ3n) is 3.23. The Hall–Kier alpha value is -2.62. The van der Waals surface area contributed by atoms with E-state index in [0.717, 1.165) is 5.56 Å². The molecule has 4 nitrogen and oxygen atoms in total. The Morgan fingerprint density at radius 1 is 1.00 bits per heavy atom. The molecule has 4 heteroatoms. The Kier molecular flexibility index (Phi) is 5.72. The van der Waals surface area contributed by atoms with Gasteiger partial charge in [0, 0.05) is 6.54 Å². The van der Waals surface area contributed by atoms with Crippen LogP contribution in [0.2, 0.25) is 0 Å². The molecule has 2 rings (SSSR count). The summed E-state index contributed by atoms with van der Waals surface area (Å²) in [6.07, 6.45) is -0.351. The minimum Gasteiger partial charge on any atom is -0.449 e. The molecule has 0 aliphatic rings. The van der Waals surface area contributed by atoms with Crippen LogP contribution in [0.15, 0.2) is 60.7 Å². The lowest BCUT2D eigenvalue weighted by Gasteiger charge is -2.16. The summed E-state index contributed by atoms with van der Waals surface area (Å²) in [6, 6.07) is 18.3. The van der Waals surface area contributed by atoms with Crippen molar-refractivity contribution in [3.8, 4) is 0 Å². The van der Waals surface area contributed by atoms with E-state index in [9.17, 15) is 9.59 Å². The second-order valence-corrected chi connectivity index (χ2v) is 4.87. The van der Waals surface area contributed by atoms with Crippen LogP contribution in [0.25, 0.3) is 0 Å². The molecular weight excluding hydrogens is 278 g/mol. The maximum atomic E-state index is 12.1. The minimum atomic E-state index is -0.781. The van der Waals surface area contributed by atoms with E-state index in [-0.39, 0.29) is 5.91 Å². The molecule has 0 radical (unpaired) electrons. The van der Waals surface area contributed by atoms with Crippen molar-refractivity contribution in [1.29, 1.82) is 0 Å². The van der Waals surface area contributed by atoms with Crippen LogP contribution < -0.4 is 5.32 Å². The van der Waals surface area contributed by atoms with E-state index in [1.54, 1.807) is 24.3 Å². The fourth-order valence-corrected chi connectivity index (χ4v) is 1.99. The zero-order valence-corrected chi connectivity index (χ0v) is 12.5. The maximum Gasteiger partial charge on any atom is 0.338 e. The van der Waals surface area contributed by atoms with Crippen LogP contribution in [-0.4, -0.2) is 18.0 Å². The molecule has 1 atom stereocenters. The molecular formula is C18H19NO3. The summed E-state index contributed by atoms with van der Waals surface area (Å²) in [5, 5.41) is 2.79. The molecule has 0 aliphatic carbocycles. The summed E-state index contributed by atoms with van der Waals surface area (Å²) < 4.78 is 5.28. The van der Waals surface area contributed by atoms with Gasteiger partial charge in [-0.25, -0.2) is 4.79 Å². The standard InChI is InChI=1S/C18H19NO3/c1-2-16(22-18(21)15-11-7-4-8-12-15)17(20)19-13-14-9-5-3-6-10-14/h3-12,16H,2,13H2,1H3,(H,19,20). The van der Waals surface area contributed by atoms with Gasteiger partial charge >= 0.3 is 5.97 Å². The molecule has 1 N–H and O–H groups in total. The van der Waals surface area contributed by atoms with Gasteiger partial charge in [-0.05, 0) is 24.1 Å². The van der Waals surface area contributed by atoms with Crippen LogP contribution in [0, 0.1) is 0 Å². The van der Waals surface area contributed by atoms with Gasteiger partial charge in [-0.3, -0.25) is 4.79 Å². The number of esters is 1. The molecule has 1 amide bonds. The van der Waals surface area contributed by atoms with E-state index >= 15 is 0 Å². The molecule has 0 saturated carbocycles. The Morgan fingerprint density at radius 3 is 2.18 bits per heavy atom. The highest BCUT2D eigenvalue weighted by atomic mass is 16.5. The Balaban J connectivity index is 1.90. The largest absolute Gasteiger partial charge is 0.449 e. The summed E-state index contributed by atoms with van der Waals surface area (Å²) in [6.45, 7) is 2.23. The van der Waals surface area contributed by atoms with Gasteiger partial charge in [-0.1, -0.05) is 55.5 Å². The first kappa shape index (κ1) is 15.8. The van der Waals surface area contributed by atoms with Gasteiger partial charge in [0.05, 0.1) is 5.56 Å². The summed E-state index contributed by atoms with van der Waals surface area (Å²) in [7, 11) is 0. The number of ether oxygens (including phenoxy) is 1. The fourth-order valence-electron chi connectivity index (χ4n) is 1.99. The molecule has 2 aromatic rings. The third kappa shape index (κ3) is 4.45. The molecule has 0 fully saturated rings. The number of hydrogen-bond donors (Lipinski definition) is 1. The van der Waals surface area contributed by atoms with Crippen molar-refractivity contribution in [2.45, 2.75) is 26.0 Å². The Labute approximate surface area is 130 Å². The average molecular weight is 297 g/mol. The van der Waals surface area contributed by atoms with Crippen molar-refractivity contribution in [3.63, 3.8) is 0 Å². The highest BCUT2D eigenvalue weighted by molar-refractivity contribution is 5.92. The quantitative estimate of drug-likeness (QED) is 0.834. The monoisotopic (exact) mass is 297 g/mol. The van der Waals surface area contributed by atoms with Crippen molar-refractivity contribution in [2.24, 2.45) is 0 Å². The Bertz CT molecular complexity index is 611. The molecule has 1 unspecified atom stereocenters. The molecule has 0 aromatic heterocycles. The van der Waals surface area contributed by atoms with Crippen molar-refractivity contribution in [2.75, 3.05) is 0 Å². The predicted molar refractivity (Wildman–Crippen MR) is 84.2 cm³/mol. The predicted octanol–water partition coefficient (Wildman–Crippen LogP) is 2.94. The summed E-state index contributed by atoms with van der Waals surface area (Å²) in [4.78, 5) is 24.1. The van der Waals surface area contributed by atoms with Gasteiger partial charge < -0.3 is 10.1 Å². The first-order chi connectivity index (χ1) is 10.7. The van der Waals surface area contributed by atoms with E-state index in [2.05, 4.69) is 5.32 Å². The number of nitrogens with one attached hydrogen (secondary N) is 1. The summed E-state index contributed by atoms with van der Waals surface area (Å²) in [5.74, 6) is -0.766. The summed E-state index contributed by atoms with van der Waals surface area (Å²) >= 11 is 0. The van der Waals surface area contributed by atoms with Gasteiger partial charge in [-0.15, -0.1) is 0 Å². The van der Waals surface area contributed by atoms with Gasteiger partial charge in [0.1, 0.15) is 0 Å². The molecule has 0 heterocycles. The highest BCUT2D eigenvalue weighted by Gasteiger charge is 2.21. The normalized spacial score (nSPS) is 11.5. The van der Waals surface area contributed by atoms with Gasteiger partial charge in [0.2, 0.25) is 0 Å². The van der Waals surface area contributed by atoms with Crippen LogP contribution >= 0.6 is 0 Å². The number of benzene rings is 2. The zero-order valence-electron chi connectivity index (χ0n) is 12.5.